The Hall–Kier alpha value is -2.21. The zero-order chi connectivity index (χ0) is 13.9. The molecule has 2 heterocycles. The van der Waals surface area contributed by atoms with Crippen molar-refractivity contribution in [2.24, 2.45) is 5.73 Å². The number of anilines is 1. The van der Waals surface area contributed by atoms with Crippen molar-refractivity contribution in [2.75, 3.05) is 5.32 Å². The number of nitrogens with zero attached hydrogens (tertiary/aromatic N) is 3. The van der Waals surface area contributed by atoms with Crippen molar-refractivity contribution in [3.8, 4) is 5.82 Å². The molecule has 2 rings (SSSR count). The molecule has 0 bridgehead atoms. The Balaban J connectivity index is 2.10. The Morgan fingerprint density at radius 2 is 2.32 bits per heavy atom. The summed E-state index contributed by atoms with van der Waals surface area (Å²) in [7, 11) is 0. The normalized spacial score (nSPS) is 13.8. The molecule has 2 aromatic heterocycles. The quantitative estimate of drug-likeness (QED) is 0.867. The Bertz CT molecular complexity index is 545. The first-order valence-corrected chi connectivity index (χ1v) is 6.07. The number of carbonyl (C=O) groups excluding carboxylic acids is 1. The molecular formula is C13H17N5O. The number of nitrogens with one attached hydrogen (secondary N) is 1. The number of amides is 1. The summed E-state index contributed by atoms with van der Waals surface area (Å²) in [4.78, 5) is 20.1. The van der Waals surface area contributed by atoms with E-state index in [1.807, 2.05) is 6.92 Å². The van der Waals surface area contributed by atoms with E-state index in [0.717, 1.165) is 5.82 Å². The number of hydrogen-bond acceptors (Lipinski definition) is 4. The molecule has 0 aliphatic carbocycles. The fourth-order valence-corrected chi connectivity index (χ4v) is 1.44. The highest BCUT2D eigenvalue weighted by atomic mass is 16.2. The lowest BCUT2D eigenvalue weighted by atomic mass is 9.99. The number of imidazole rings is 1. The molecule has 19 heavy (non-hydrogen) atoms. The zero-order valence-electron chi connectivity index (χ0n) is 11.0. The highest BCUT2D eigenvalue weighted by Gasteiger charge is 2.25. The van der Waals surface area contributed by atoms with E-state index in [9.17, 15) is 4.79 Å². The van der Waals surface area contributed by atoms with Crippen molar-refractivity contribution in [3.05, 3.63) is 37.1 Å². The van der Waals surface area contributed by atoms with Crippen LogP contribution in [0.15, 0.2) is 37.1 Å². The SMILES string of the molecule is CCC(C)(N)C(=O)Nc1ccc(-n2ccnc2)nc1. The Kier molecular flexibility index (Phi) is 3.62. The van der Waals surface area contributed by atoms with Crippen LogP contribution in [0, 0.1) is 0 Å². The fourth-order valence-electron chi connectivity index (χ4n) is 1.44. The van der Waals surface area contributed by atoms with Gasteiger partial charge in [-0.15, -0.1) is 0 Å². The first kappa shape index (κ1) is 13.2. The number of pyridine rings is 1. The van der Waals surface area contributed by atoms with Gasteiger partial charge in [-0.3, -0.25) is 9.36 Å². The molecule has 3 N–H and O–H groups in total. The number of aromatic nitrogens is 3. The van der Waals surface area contributed by atoms with Crippen LogP contribution in [-0.2, 0) is 4.79 Å². The molecule has 2 aromatic rings. The summed E-state index contributed by atoms with van der Waals surface area (Å²) in [5, 5.41) is 2.75. The predicted octanol–water partition coefficient (Wildman–Crippen LogP) is 1.33. The lowest BCUT2D eigenvalue weighted by Crippen LogP contribution is -2.47. The summed E-state index contributed by atoms with van der Waals surface area (Å²) in [6.45, 7) is 3.58. The third kappa shape index (κ3) is 2.97. The van der Waals surface area contributed by atoms with Gasteiger partial charge in [0.05, 0.1) is 17.4 Å². The molecule has 0 saturated carbocycles. The van der Waals surface area contributed by atoms with Gasteiger partial charge in [0, 0.05) is 12.4 Å². The van der Waals surface area contributed by atoms with Crippen molar-refractivity contribution >= 4 is 11.6 Å². The summed E-state index contributed by atoms with van der Waals surface area (Å²) in [5.41, 5.74) is 5.62. The summed E-state index contributed by atoms with van der Waals surface area (Å²) >= 11 is 0. The minimum atomic E-state index is -0.872. The molecule has 1 atom stereocenters. The zero-order valence-corrected chi connectivity index (χ0v) is 11.0. The molecule has 100 valence electrons. The molecule has 0 fully saturated rings. The molecule has 6 nitrogen and oxygen atoms in total. The van der Waals surface area contributed by atoms with Gasteiger partial charge in [0.2, 0.25) is 5.91 Å². The smallest absolute Gasteiger partial charge is 0.244 e. The van der Waals surface area contributed by atoms with E-state index < -0.39 is 5.54 Å². The van der Waals surface area contributed by atoms with Crippen LogP contribution in [0.1, 0.15) is 20.3 Å². The van der Waals surface area contributed by atoms with Crippen molar-refractivity contribution in [3.63, 3.8) is 0 Å². The van der Waals surface area contributed by atoms with E-state index in [-0.39, 0.29) is 5.91 Å². The highest BCUT2D eigenvalue weighted by molar-refractivity contribution is 5.97. The third-order valence-corrected chi connectivity index (χ3v) is 3.03. The van der Waals surface area contributed by atoms with Gasteiger partial charge in [0.15, 0.2) is 0 Å². The molecule has 1 unspecified atom stereocenters. The lowest BCUT2D eigenvalue weighted by Gasteiger charge is -2.21. The van der Waals surface area contributed by atoms with Crippen LogP contribution in [-0.4, -0.2) is 26.0 Å². The van der Waals surface area contributed by atoms with Crippen LogP contribution in [0.4, 0.5) is 5.69 Å². The third-order valence-electron chi connectivity index (χ3n) is 3.03. The Morgan fingerprint density at radius 1 is 1.53 bits per heavy atom. The molecule has 0 radical (unpaired) electrons. The number of rotatable bonds is 4. The standard InChI is InChI=1S/C13H17N5O/c1-3-13(2,14)12(19)17-10-4-5-11(16-8-10)18-7-6-15-9-18/h4-9H,3,14H2,1-2H3,(H,17,19). The number of carbonyl (C=O) groups is 1. The van der Waals surface area contributed by atoms with E-state index in [0.29, 0.717) is 12.1 Å². The van der Waals surface area contributed by atoms with Crippen LogP contribution in [0.3, 0.4) is 0 Å². The van der Waals surface area contributed by atoms with E-state index in [1.165, 1.54) is 0 Å². The van der Waals surface area contributed by atoms with Gasteiger partial charge < -0.3 is 11.1 Å². The largest absolute Gasteiger partial charge is 0.323 e. The van der Waals surface area contributed by atoms with Crippen LogP contribution in [0.2, 0.25) is 0 Å². The molecule has 0 aliphatic rings. The molecular weight excluding hydrogens is 242 g/mol. The van der Waals surface area contributed by atoms with Crippen LogP contribution in [0.5, 0.6) is 0 Å². The second-order valence-electron chi connectivity index (χ2n) is 4.60. The van der Waals surface area contributed by atoms with Crippen molar-refractivity contribution in [1.82, 2.24) is 14.5 Å². The van der Waals surface area contributed by atoms with Gasteiger partial charge in [0.1, 0.15) is 12.1 Å². The minimum Gasteiger partial charge on any atom is -0.323 e. The first-order valence-electron chi connectivity index (χ1n) is 6.07. The average molecular weight is 259 g/mol. The topological polar surface area (TPSA) is 85.8 Å². The summed E-state index contributed by atoms with van der Waals surface area (Å²) < 4.78 is 1.78. The van der Waals surface area contributed by atoms with E-state index in [1.54, 1.807) is 48.5 Å². The molecule has 0 saturated heterocycles. The second kappa shape index (κ2) is 5.19. The van der Waals surface area contributed by atoms with Crippen molar-refractivity contribution < 1.29 is 4.79 Å². The van der Waals surface area contributed by atoms with Crippen molar-refractivity contribution in [1.29, 1.82) is 0 Å². The van der Waals surface area contributed by atoms with E-state index in [4.69, 9.17) is 5.73 Å². The van der Waals surface area contributed by atoms with Gasteiger partial charge in [-0.25, -0.2) is 9.97 Å². The number of nitrogens with two attached hydrogens (primary N) is 1. The first-order chi connectivity index (χ1) is 9.03. The van der Waals surface area contributed by atoms with Gasteiger partial charge >= 0.3 is 0 Å². The average Bonchev–Trinajstić information content (AvgIpc) is 2.93. The van der Waals surface area contributed by atoms with Crippen LogP contribution >= 0.6 is 0 Å². The lowest BCUT2D eigenvalue weighted by molar-refractivity contribution is -0.120. The fraction of sp³-hybridized carbons (Fsp3) is 0.308. The summed E-state index contributed by atoms with van der Waals surface area (Å²) in [5.74, 6) is 0.522. The number of hydrogen-bond donors (Lipinski definition) is 2. The van der Waals surface area contributed by atoms with Crippen LogP contribution in [0.25, 0.3) is 5.82 Å². The molecule has 0 aliphatic heterocycles. The highest BCUT2D eigenvalue weighted by Crippen LogP contribution is 2.13. The Morgan fingerprint density at radius 3 is 2.84 bits per heavy atom. The van der Waals surface area contributed by atoms with Gasteiger partial charge in [-0.2, -0.15) is 0 Å². The monoisotopic (exact) mass is 259 g/mol. The van der Waals surface area contributed by atoms with Gasteiger partial charge in [-0.05, 0) is 25.5 Å². The van der Waals surface area contributed by atoms with Gasteiger partial charge in [-0.1, -0.05) is 6.92 Å². The second-order valence-corrected chi connectivity index (χ2v) is 4.60. The summed E-state index contributed by atoms with van der Waals surface area (Å²) in [6, 6.07) is 3.59. The molecule has 0 aromatic carbocycles. The van der Waals surface area contributed by atoms with E-state index in [2.05, 4.69) is 15.3 Å². The molecule has 0 spiro atoms. The summed E-state index contributed by atoms with van der Waals surface area (Å²) in [6.07, 6.45) is 7.31. The Labute approximate surface area is 111 Å². The van der Waals surface area contributed by atoms with Crippen LogP contribution < -0.4 is 11.1 Å². The maximum absolute atomic E-state index is 11.9. The van der Waals surface area contributed by atoms with Crippen molar-refractivity contribution in [2.45, 2.75) is 25.8 Å². The predicted molar refractivity (Wildman–Crippen MR) is 72.9 cm³/mol. The molecule has 1 amide bonds. The minimum absolute atomic E-state index is 0.216. The maximum Gasteiger partial charge on any atom is 0.244 e. The van der Waals surface area contributed by atoms with Gasteiger partial charge in [0.25, 0.3) is 0 Å². The van der Waals surface area contributed by atoms with E-state index >= 15 is 0 Å². The maximum atomic E-state index is 11.9. The molecule has 6 heteroatoms.